The number of phenols is 1. The van der Waals surface area contributed by atoms with Gasteiger partial charge in [0.2, 0.25) is 5.91 Å². The lowest BCUT2D eigenvalue weighted by atomic mass is 9.96. The summed E-state index contributed by atoms with van der Waals surface area (Å²) in [4.78, 5) is 15.4. The second-order valence-corrected chi connectivity index (χ2v) is 6.21. The number of nitrogens with zero attached hydrogens (tertiary/aromatic N) is 2. The highest BCUT2D eigenvalue weighted by molar-refractivity contribution is 5.79. The van der Waals surface area contributed by atoms with Crippen LogP contribution in [0.3, 0.4) is 0 Å². The first-order chi connectivity index (χ1) is 11.3. The second kappa shape index (κ2) is 7.88. The van der Waals surface area contributed by atoms with E-state index in [-0.39, 0.29) is 12.3 Å². The lowest BCUT2D eigenvalue weighted by Gasteiger charge is -2.35. The average molecular weight is 344 g/mol. The molecule has 1 fully saturated rings. The van der Waals surface area contributed by atoms with Gasteiger partial charge in [0.15, 0.2) is 0 Å². The Morgan fingerprint density at radius 2 is 2.00 bits per heavy atom. The predicted molar refractivity (Wildman–Crippen MR) is 84.4 cm³/mol. The van der Waals surface area contributed by atoms with Crippen LogP contribution >= 0.6 is 0 Å². The first-order valence-electron chi connectivity index (χ1n) is 8.14. The maximum Gasteiger partial charge on any atom is 0.406 e. The molecule has 2 rings (SSSR count). The van der Waals surface area contributed by atoms with E-state index in [4.69, 9.17) is 0 Å². The number of aromatic hydroxyl groups is 1. The lowest BCUT2D eigenvalue weighted by molar-refractivity contribution is -0.164. The van der Waals surface area contributed by atoms with Crippen molar-refractivity contribution in [3.63, 3.8) is 0 Å². The van der Waals surface area contributed by atoms with Gasteiger partial charge in [0.1, 0.15) is 12.3 Å². The predicted octanol–water partition coefficient (Wildman–Crippen LogP) is 3.02. The van der Waals surface area contributed by atoms with Crippen molar-refractivity contribution in [1.29, 1.82) is 0 Å². The number of piperidine rings is 1. The normalized spacial score (nSPS) is 19.2. The molecule has 7 heteroatoms. The number of benzene rings is 1. The summed E-state index contributed by atoms with van der Waals surface area (Å²) >= 11 is 0. The van der Waals surface area contributed by atoms with Crippen LogP contribution in [0, 0.1) is 5.92 Å². The molecule has 0 aliphatic carbocycles. The molecule has 0 saturated carbocycles. The summed E-state index contributed by atoms with van der Waals surface area (Å²) in [6.45, 7) is 2.35. The molecule has 1 N–H and O–H groups in total. The Labute approximate surface area is 139 Å². The number of rotatable bonds is 5. The largest absolute Gasteiger partial charge is 0.508 e. The molecule has 4 nitrogen and oxygen atoms in total. The van der Waals surface area contributed by atoms with Crippen LogP contribution < -0.4 is 0 Å². The number of halogens is 3. The highest BCUT2D eigenvalue weighted by Gasteiger charge is 2.35. The van der Waals surface area contributed by atoms with Crippen LogP contribution in [-0.2, 0) is 11.3 Å². The summed E-state index contributed by atoms with van der Waals surface area (Å²) in [5.74, 6) is -0.611. The van der Waals surface area contributed by atoms with Crippen molar-refractivity contribution in [1.82, 2.24) is 9.80 Å². The first kappa shape index (κ1) is 18.6. The Morgan fingerprint density at radius 1 is 1.33 bits per heavy atom. The molecule has 0 radical (unpaired) electrons. The maximum absolute atomic E-state index is 12.6. The maximum atomic E-state index is 12.6. The van der Waals surface area contributed by atoms with Crippen molar-refractivity contribution >= 4 is 5.91 Å². The molecule has 1 atom stereocenters. The smallest absolute Gasteiger partial charge is 0.406 e. The molecule has 24 heavy (non-hydrogen) atoms. The number of carbonyl (C=O) groups is 1. The monoisotopic (exact) mass is 344 g/mol. The molecular formula is C17H23F3N2O2. The molecule has 1 aromatic carbocycles. The first-order valence-corrected chi connectivity index (χ1v) is 8.14. The van der Waals surface area contributed by atoms with Crippen molar-refractivity contribution in [2.75, 3.05) is 26.2 Å². The molecule has 1 amide bonds. The van der Waals surface area contributed by atoms with E-state index in [2.05, 4.69) is 4.90 Å². The van der Waals surface area contributed by atoms with Gasteiger partial charge in [0.25, 0.3) is 0 Å². The number of likely N-dealkylation sites (tertiary alicyclic amines) is 1. The van der Waals surface area contributed by atoms with E-state index in [0.717, 1.165) is 23.4 Å². The fourth-order valence-corrected chi connectivity index (χ4v) is 3.08. The van der Waals surface area contributed by atoms with Crippen molar-refractivity contribution in [3.05, 3.63) is 29.8 Å². The fourth-order valence-electron chi connectivity index (χ4n) is 3.08. The summed E-state index contributed by atoms with van der Waals surface area (Å²) in [5.41, 5.74) is 1.00. The lowest BCUT2D eigenvalue weighted by Crippen LogP contribution is -2.47. The van der Waals surface area contributed by atoms with Crippen molar-refractivity contribution in [3.8, 4) is 5.75 Å². The standard InChI is InChI=1S/C17H23F3N2O2/c1-2-22(12-17(18,19)20)16(24)14-4-3-9-21(11-14)10-13-5-7-15(23)8-6-13/h5-8,14,23H,2-4,9-12H2,1H3/t14-/m1/s1. The minimum atomic E-state index is -4.37. The Morgan fingerprint density at radius 3 is 2.58 bits per heavy atom. The summed E-state index contributed by atoms with van der Waals surface area (Å²) in [5, 5.41) is 9.30. The third kappa shape index (κ3) is 5.40. The number of alkyl halides is 3. The zero-order chi connectivity index (χ0) is 17.7. The highest BCUT2D eigenvalue weighted by atomic mass is 19.4. The van der Waals surface area contributed by atoms with E-state index in [1.54, 1.807) is 19.1 Å². The number of phenolic OH excluding ortho intramolecular Hbond substituents is 1. The Bertz CT molecular complexity index is 546. The van der Waals surface area contributed by atoms with Gasteiger partial charge in [-0.2, -0.15) is 13.2 Å². The molecule has 0 spiro atoms. The minimum absolute atomic E-state index is 0.0623. The molecule has 1 saturated heterocycles. The Kier molecular flexibility index (Phi) is 6.10. The third-order valence-corrected chi connectivity index (χ3v) is 4.26. The second-order valence-electron chi connectivity index (χ2n) is 6.21. The van der Waals surface area contributed by atoms with Crippen LogP contribution in [0.1, 0.15) is 25.3 Å². The summed E-state index contributed by atoms with van der Waals surface area (Å²) < 4.78 is 37.8. The van der Waals surface area contributed by atoms with Crippen molar-refractivity contribution in [2.45, 2.75) is 32.5 Å². The van der Waals surface area contributed by atoms with Gasteiger partial charge in [-0.05, 0) is 44.0 Å². The van der Waals surface area contributed by atoms with E-state index >= 15 is 0 Å². The van der Waals surface area contributed by atoms with Crippen LogP contribution in [0.4, 0.5) is 13.2 Å². The molecule has 0 unspecified atom stereocenters. The molecule has 1 aromatic rings. The molecular weight excluding hydrogens is 321 g/mol. The van der Waals surface area contributed by atoms with Gasteiger partial charge < -0.3 is 10.0 Å². The fraction of sp³-hybridized carbons (Fsp3) is 0.588. The van der Waals surface area contributed by atoms with Gasteiger partial charge >= 0.3 is 6.18 Å². The van der Waals surface area contributed by atoms with Gasteiger partial charge in [-0.1, -0.05) is 12.1 Å². The molecule has 0 bridgehead atoms. The van der Waals surface area contributed by atoms with Crippen LogP contribution in [0.5, 0.6) is 5.75 Å². The molecule has 0 aromatic heterocycles. The molecule has 1 aliphatic rings. The molecule has 1 heterocycles. The number of carbonyl (C=O) groups excluding carboxylic acids is 1. The van der Waals surface area contributed by atoms with Crippen LogP contribution in [0.25, 0.3) is 0 Å². The van der Waals surface area contributed by atoms with Crippen LogP contribution in [0.15, 0.2) is 24.3 Å². The number of hydrogen-bond acceptors (Lipinski definition) is 3. The Balaban J connectivity index is 1.96. The van der Waals surface area contributed by atoms with Gasteiger partial charge in [0, 0.05) is 19.6 Å². The summed E-state index contributed by atoms with van der Waals surface area (Å²) in [7, 11) is 0. The third-order valence-electron chi connectivity index (χ3n) is 4.26. The van der Waals surface area contributed by atoms with Crippen molar-refractivity contribution in [2.24, 2.45) is 5.92 Å². The van der Waals surface area contributed by atoms with Gasteiger partial charge in [0.05, 0.1) is 5.92 Å². The van der Waals surface area contributed by atoms with Gasteiger partial charge in [-0.25, -0.2) is 0 Å². The Hall–Kier alpha value is -1.76. The number of hydrogen-bond donors (Lipinski definition) is 1. The molecule has 134 valence electrons. The van der Waals surface area contributed by atoms with Crippen molar-refractivity contribution < 1.29 is 23.1 Å². The quantitative estimate of drug-likeness (QED) is 0.893. The van der Waals surface area contributed by atoms with Gasteiger partial charge in [-0.15, -0.1) is 0 Å². The van der Waals surface area contributed by atoms with E-state index < -0.39 is 24.5 Å². The zero-order valence-electron chi connectivity index (χ0n) is 13.7. The van der Waals surface area contributed by atoms with Crippen LogP contribution in [-0.4, -0.2) is 53.2 Å². The average Bonchev–Trinajstić information content (AvgIpc) is 2.53. The zero-order valence-corrected chi connectivity index (χ0v) is 13.7. The summed E-state index contributed by atoms with van der Waals surface area (Å²) in [6.07, 6.45) is -2.95. The summed E-state index contributed by atoms with van der Waals surface area (Å²) in [6, 6.07) is 6.82. The van der Waals surface area contributed by atoms with E-state index in [1.807, 2.05) is 12.1 Å². The topological polar surface area (TPSA) is 43.8 Å². The SMILES string of the molecule is CCN(CC(F)(F)F)C(=O)[C@@H]1CCCN(Cc2ccc(O)cc2)C1. The van der Waals surface area contributed by atoms with Crippen LogP contribution in [0.2, 0.25) is 0 Å². The van der Waals surface area contributed by atoms with Gasteiger partial charge in [-0.3, -0.25) is 9.69 Å². The van der Waals surface area contributed by atoms with E-state index in [1.165, 1.54) is 0 Å². The van der Waals surface area contributed by atoms with E-state index in [0.29, 0.717) is 19.5 Å². The highest BCUT2D eigenvalue weighted by Crippen LogP contribution is 2.23. The minimum Gasteiger partial charge on any atom is -0.508 e. The van der Waals surface area contributed by atoms with E-state index in [9.17, 15) is 23.1 Å². The molecule has 1 aliphatic heterocycles. The number of amides is 1.